The maximum Gasteiger partial charge on any atom is 0.317 e. The smallest absolute Gasteiger partial charge is 0.317 e. The third kappa shape index (κ3) is 5.63. The van der Waals surface area contributed by atoms with Crippen molar-refractivity contribution < 1.29 is 14.3 Å². The molecule has 0 spiro atoms. The van der Waals surface area contributed by atoms with E-state index >= 15 is 0 Å². The van der Waals surface area contributed by atoms with Crippen molar-refractivity contribution >= 4 is 11.9 Å². The van der Waals surface area contributed by atoms with Gasteiger partial charge in [-0.1, -0.05) is 12.1 Å². The van der Waals surface area contributed by atoms with Crippen molar-refractivity contribution in [1.29, 1.82) is 0 Å². The van der Waals surface area contributed by atoms with E-state index in [4.69, 9.17) is 4.74 Å². The lowest BCUT2D eigenvalue weighted by molar-refractivity contribution is -0.132. The molecule has 7 heteroatoms. The number of urea groups is 1. The molecule has 0 radical (unpaired) electrons. The van der Waals surface area contributed by atoms with Gasteiger partial charge < -0.3 is 19.9 Å². The van der Waals surface area contributed by atoms with E-state index in [9.17, 15) is 9.59 Å². The largest absolute Gasteiger partial charge is 0.497 e. The molecular weight excluding hydrogens is 320 g/mol. The number of likely N-dealkylation sites (N-methyl/N-ethyl adjacent to an activating group) is 1. The van der Waals surface area contributed by atoms with E-state index in [1.807, 2.05) is 38.2 Å². The molecule has 1 N–H and O–H groups in total. The first kappa shape index (κ1) is 19.1. The first-order valence-electron chi connectivity index (χ1n) is 8.65. The molecule has 1 heterocycles. The van der Waals surface area contributed by atoms with Crippen molar-refractivity contribution in [2.75, 3.05) is 53.4 Å². The van der Waals surface area contributed by atoms with Crippen molar-refractivity contribution in [1.82, 2.24) is 20.0 Å². The molecule has 1 saturated heterocycles. The van der Waals surface area contributed by atoms with Gasteiger partial charge in [0.25, 0.3) is 0 Å². The summed E-state index contributed by atoms with van der Waals surface area (Å²) in [5.41, 5.74) is 1.07. The Kier molecular flexibility index (Phi) is 7.06. The average Bonchev–Trinajstić information content (AvgIpc) is 2.63. The topological polar surface area (TPSA) is 65.1 Å². The Labute approximate surface area is 149 Å². The van der Waals surface area contributed by atoms with E-state index in [2.05, 4.69) is 10.2 Å². The minimum Gasteiger partial charge on any atom is -0.497 e. The lowest BCUT2D eigenvalue weighted by atomic mass is 10.2. The molecule has 0 atom stereocenters. The number of hydrogen-bond acceptors (Lipinski definition) is 4. The lowest BCUT2D eigenvalue weighted by Gasteiger charge is -2.34. The number of ether oxygens (including phenoxy) is 1. The second kappa shape index (κ2) is 9.27. The molecular formula is C18H28N4O3. The predicted molar refractivity (Wildman–Crippen MR) is 96.6 cm³/mol. The van der Waals surface area contributed by atoms with Gasteiger partial charge >= 0.3 is 6.03 Å². The van der Waals surface area contributed by atoms with Crippen LogP contribution in [-0.2, 0) is 11.3 Å². The molecule has 2 rings (SSSR count). The van der Waals surface area contributed by atoms with Crippen LogP contribution in [-0.4, -0.2) is 80.1 Å². The summed E-state index contributed by atoms with van der Waals surface area (Å²) in [4.78, 5) is 29.9. The summed E-state index contributed by atoms with van der Waals surface area (Å²) in [6.45, 7) is 6.25. The molecule has 1 aromatic carbocycles. The second-order valence-electron chi connectivity index (χ2n) is 6.20. The minimum atomic E-state index is -0.0231. The zero-order valence-corrected chi connectivity index (χ0v) is 15.3. The lowest BCUT2D eigenvalue weighted by Crippen LogP contribution is -2.53. The number of amides is 3. The molecule has 0 aromatic heterocycles. The van der Waals surface area contributed by atoms with Gasteiger partial charge in [-0.25, -0.2) is 4.79 Å². The van der Waals surface area contributed by atoms with Gasteiger partial charge in [0.1, 0.15) is 5.75 Å². The number of methoxy groups -OCH3 is 1. The Hall–Kier alpha value is -2.28. The van der Waals surface area contributed by atoms with Crippen LogP contribution in [0.5, 0.6) is 5.75 Å². The molecule has 1 aliphatic rings. The summed E-state index contributed by atoms with van der Waals surface area (Å²) in [7, 11) is 3.45. The molecule has 0 saturated carbocycles. The van der Waals surface area contributed by atoms with Crippen LogP contribution in [0.3, 0.4) is 0 Å². The van der Waals surface area contributed by atoms with E-state index in [1.165, 1.54) is 0 Å². The van der Waals surface area contributed by atoms with Gasteiger partial charge in [-0.2, -0.15) is 0 Å². The Morgan fingerprint density at radius 3 is 2.36 bits per heavy atom. The predicted octanol–water partition coefficient (Wildman–Crippen LogP) is 1.00. The van der Waals surface area contributed by atoms with Gasteiger partial charge in [0.15, 0.2) is 0 Å². The fourth-order valence-corrected chi connectivity index (χ4v) is 2.78. The Morgan fingerprint density at radius 2 is 1.80 bits per heavy atom. The third-order valence-corrected chi connectivity index (χ3v) is 4.35. The van der Waals surface area contributed by atoms with Crippen LogP contribution < -0.4 is 10.1 Å². The number of nitrogens with one attached hydrogen (secondary N) is 1. The monoisotopic (exact) mass is 348 g/mol. The fourth-order valence-electron chi connectivity index (χ4n) is 2.78. The Balaban J connectivity index is 1.76. The molecule has 7 nitrogen and oxygen atoms in total. The molecule has 3 amide bonds. The standard InChI is InChI=1S/C18H28N4O3/c1-4-19-18(24)22-11-9-21(10-12-22)14-17(23)20(2)13-15-5-7-16(25-3)8-6-15/h5-8H,4,9-14H2,1-3H3,(H,19,24). The van der Waals surface area contributed by atoms with Crippen LogP contribution in [0.2, 0.25) is 0 Å². The zero-order chi connectivity index (χ0) is 18.2. The van der Waals surface area contributed by atoms with Crippen molar-refractivity contribution in [3.8, 4) is 5.75 Å². The number of carbonyl (C=O) groups is 2. The number of carbonyl (C=O) groups excluding carboxylic acids is 2. The summed E-state index contributed by atoms with van der Waals surface area (Å²) in [5.74, 6) is 0.894. The van der Waals surface area contributed by atoms with Crippen LogP contribution in [0.1, 0.15) is 12.5 Å². The highest BCUT2D eigenvalue weighted by Gasteiger charge is 2.23. The van der Waals surface area contributed by atoms with Crippen LogP contribution in [0.15, 0.2) is 24.3 Å². The molecule has 0 bridgehead atoms. The highest BCUT2D eigenvalue weighted by Crippen LogP contribution is 2.13. The van der Waals surface area contributed by atoms with Gasteiger partial charge in [0.05, 0.1) is 13.7 Å². The summed E-state index contributed by atoms with van der Waals surface area (Å²) < 4.78 is 5.14. The molecule has 1 aromatic rings. The highest BCUT2D eigenvalue weighted by molar-refractivity contribution is 5.78. The van der Waals surface area contributed by atoms with Gasteiger partial charge in [-0.15, -0.1) is 0 Å². The van der Waals surface area contributed by atoms with Crippen LogP contribution in [0.25, 0.3) is 0 Å². The van der Waals surface area contributed by atoms with Crippen molar-refractivity contribution in [2.24, 2.45) is 0 Å². The third-order valence-electron chi connectivity index (χ3n) is 4.35. The van der Waals surface area contributed by atoms with Gasteiger partial charge in [-0.05, 0) is 24.6 Å². The van der Waals surface area contributed by atoms with Crippen molar-refractivity contribution in [2.45, 2.75) is 13.5 Å². The Bertz CT molecular complexity index is 568. The summed E-state index contributed by atoms with van der Waals surface area (Å²) in [5, 5.41) is 2.81. The van der Waals surface area contributed by atoms with Crippen LogP contribution in [0, 0.1) is 0 Å². The van der Waals surface area contributed by atoms with Gasteiger partial charge in [0, 0.05) is 46.3 Å². The summed E-state index contributed by atoms with van der Waals surface area (Å²) in [6.07, 6.45) is 0. The van der Waals surface area contributed by atoms with E-state index in [1.54, 1.807) is 16.9 Å². The van der Waals surface area contributed by atoms with Gasteiger partial charge in [0.2, 0.25) is 5.91 Å². The average molecular weight is 348 g/mol. The minimum absolute atomic E-state index is 0.0231. The molecule has 1 aliphatic heterocycles. The first-order chi connectivity index (χ1) is 12.0. The zero-order valence-electron chi connectivity index (χ0n) is 15.3. The molecule has 0 unspecified atom stereocenters. The van der Waals surface area contributed by atoms with Crippen molar-refractivity contribution in [3.05, 3.63) is 29.8 Å². The summed E-state index contributed by atoms with van der Waals surface area (Å²) >= 11 is 0. The normalized spacial score (nSPS) is 14.9. The second-order valence-corrected chi connectivity index (χ2v) is 6.20. The quantitative estimate of drug-likeness (QED) is 0.833. The number of piperazine rings is 1. The summed E-state index contributed by atoms with van der Waals surface area (Å²) in [6, 6.07) is 7.70. The fraction of sp³-hybridized carbons (Fsp3) is 0.556. The molecule has 1 fully saturated rings. The highest BCUT2D eigenvalue weighted by atomic mass is 16.5. The number of rotatable bonds is 6. The van der Waals surface area contributed by atoms with Crippen molar-refractivity contribution in [3.63, 3.8) is 0 Å². The van der Waals surface area contributed by atoms with E-state index in [0.717, 1.165) is 24.4 Å². The molecule has 25 heavy (non-hydrogen) atoms. The molecule has 138 valence electrons. The Morgan fingerprint density at radius 1 is 1.16 bits per heavy atom. The van der Waals surface area contributed by atoms with E-state index in [0.29, 0.717) is 32.7 Å². The number of hydrogen-bond donors (Lipinski definition) is 1. The maximum atomic E-state index is 12.4. The van der Waals surface area contributed by atoms with Gasteiger partial charge in [-0.3, -0.25) is 9.69 Å². The number of nitrogens with zero attached hydrogens (tertiary/aromatic N) is 3. The van der Waals surface area contributed by atoms with Crippen LogP contribution >= 0.6 is 0 Å². The van der Waals surface area contributed by atoms with E-state index < -0.39 is 0 Å². The first-order valence-corrected chi connectivity index (χ1v) is 8.65. The maximum absolute atomic E-state index is 12.4. The van der Waals surface area contributed by atoms with Crippen LogP contribution in [0.4, 0.5) is 4.79 Å². The SMILES string of the molecule is CCNC(=O)N1CCN(CC(=O)N(C)Cc2ccc(OC)cc2)CC1. The molecule has 0 aliphatic carbocycles. The van der Waals surface area contributed by atoms with E-state index in [-0.39, 0.29) is 11.9 Å². The number of benzene rings is 1.